The summed E-state index contributed by atoms with van der Waals surface area (Å²) >= 11 is 11.7. The first-order valence-electron chi connectivity index (χ1n) is 8.85. The number of hydrogen-bond donors (Lipinski definition) is 0. The monoisotopic (exact) mass is 476 g/mol. The van der Waals surface area contributed by atoms with E-state index in [1.807, 2.05) is 0 Å². The fraction of sp³-hybridized carbons (Fsp3) is 0.316. The topological polar surface area (TPSA) is 76.2 Å². The van der Waals surface area contributed by atoms with Crippen LogP contribution in [-0.4, -0.2) is 63.9 Å². The Morgan fingerprint density at radius 2 is 1.60 bits per heavy atom. The van der Waals surface area contributed by atoms with Gasteiger partial charge in [0.05, 0.1) is 34.7 Å². The van der Waals surface area contributed by atoms with Crippen LogP contribution in [0.3, 0.4) is 0 Å². The first kappa shape index (κ1) is 22.6. The lowest BCUT2D eigenvalue weighted by molar-refractivity contribution is 0.0697. The number of ether oxygens (including phenoxy) is 2. The summed E-state index contributed by atoms with van der Waals surface area (Å²) in [5.74, 6) is -0.524. The van der Waals surface area contributed by atoms with Gasteiger partial charge in [-0.05, 0) is 24.3 Å². The van der Waals surface area contributed by atoms with Crippen molar-refractivity contribution in [1.82, 2.24) is 9.21 Å². The van der Waals surface area contributed by atoms with Crippen LogP contribution in [0.1, 0.15) is 10.4 Å². The highest BCUT2D eigenvalue weighted by molar-refractivity contribution is 7.89. The molecule has 1 amide bonds. The number of methoxy groups -OCH3 is 2. The Morgan fingerprint density at radius 1 is 0.967 bits per heavy atom. The van der Waals surface area contributed by atoms with Crippen LogP contribution < -0.4 is 9.47 Å². The number of nitrogens with zero attached hydrogens (tertiary/aromatic N) is 2. The minimum Gasteiger partial charge on any atom is -0.493 e. The van der Waals surface area contributed by atoms with Crippen molar-refractivity contribution in [2.45, 2.75) is 4.90 Å². The number of amides is 1. The van der Waals surface area contributed by atoms with Crippen molar-refractivity contribution in [3.8, 4) is 11.5 Å². The molecule has 0 spiro atoms. The van der Waals surface area contributed by atoms with Crippen molar-refractivity contribution in [3.63, 3.8) is 0 Å². The second-order valence-corrected chi connectivity index (χ2v) is 9.21. The van der Waals surface area contributed by atoms with Crippen molar-refractivity contribution in [2.24, 2.45) is 0 Å². The molecule has 11 heteroatoms. The van der Waals surface area contributed by atoms with Crippen molar-refractivity contribution in [3.05, 3.63) is 51.8 Å². The summed E-state index contributed by atoms with van der Waals surface area (Å²) in [6.07, 6.45) is 0. The molecule has 0 bridgehead atoms. The van der Waals surface area contributed by atoms with Gasteiger partial charge in [-0.15, -0.1) is 0 Å². The van der Waals surface area contributed by atoms with E-state index in [1.54, 1.807) is 0 Å². The molecular weight excluding hydrogens is 458 g/mol. The number of benzene rings is 2. The predicted molar refractivity (Wildman–Crippen MR) is 111 cm³/mol. The van der Waals surface area contributed by atoms with Gasteiger partial charge in [0.1, 0.15) is 5.82 Å². The van der Waals surface area contributed by atoms with Crippen LogP contribution in [0.25, 0.3) is 0 Å². The Balaban J connectivity index is 1.75. The molecule has 7 nitrogen and oxygen atoms in total. The molecule has 30 heavy (non-hydrogen) atoms. The summed E-state index contributed by atoms with van der Waals surface area (Å²) in [7, 11) is -0.918. The molecule has 2 aromatic carbocycles. The van der Waals surface area contributed by atoms with Crippen LogP contribution in [0.15, 0.2) is 35.2 Å². The SMILES string of the molecule is COc1ccc(S(=O)(=O)N2CCN(C(=O)c3cc(F)c(Cl)cc3Cl)CC2)cc1OC. The van der Waals surface area contributed by atoms with Gasteiger partial charge < -0.3 is 14.4 Å². The highest BCUT2D eigenvalue weighted by Crippen LogP contribution is 2.31. The maximum Gasteiger partial charge on any atom is 0.255 e. The number of rotatable bonds is 5. The lowest BCUT2D eigenvalue weighted by atomic mass is 10.1. The molecule has 0 atom stereocenters. The molecule has 0 aromatic heterocycles. The van der Waals surface area contributed by atoms with E-state index in [4.69, 9.17) is 32.7 Å². The van der Waals surface area contributed by atoms with Gasteiger partial charge in [0.2, 0.25) is 10.0 Å². The average molecular weight is 477 g/mol. The third-order valence-corrected chi connectivity index (χ3v) is 7.26. The molecule has 0 radical (unpaired) electrons. The lowest BCUT2D eigenvalue weighted by Gasteiger charge is -2.34. The summed E-state index contributed by atoms with van der Waals surface area (Å²) in [5.41, 5.74) is -0.0187. The van der Waals surface area contributed by atoms with E-state index in [0.717, 1.165) is 6.07 Å². The largest absolute Gasteiger partial charge is 0.493 e. The van der Waals surface area contributed by atoms with Crippen molar-refractivity contribution < 1.29 is 27.1 Å². The van der Waals surface area contributed by atoms with Gasteiger partial charge in [0.15, 0.2) is 11.5 Å². The second kappa shape index (κ2) is 8.97. The second-order valence-electron chi connectivity index (χ2n) is 6.46. The van der Waals surface area contributed by atoms with Gasteiger partial charge >= 0.3 is 0 Å². The highest BCUT2D eigenvalue weighted by Gasteiger charge is 2.31. The maximum absolute atomic E-state index is 13.7. The summed E-state index contributed by atoms with van der Waals surface area (Å²) < 4.78 is 51.3. The first-order chi connectivity index (χ1) is 14.2. The third-order valence-electron chi connectivity index (χ3n) is 4.76. The Morgan fingerprint density at radius 3 is 2.20 bits per heavy atom. The molecule has 1 aliphatic heterocycles. The minimum absolute atomic E-state index is 0.0187. The molecule has 1 saturated heterocycles. The van der Waals surface area contributed by atoms with Crippen LogP contribution in [0.5, 0.6) is 11.5 Å². The Kier molecular flexibility index (Phi) is 6.76. The summed E-state index contributed by atoms with van der Waals surface area (Å²) in [5, 5.41) is -0.144. The van der Waals surface area contributed by atoms with Crippen LogP contribution >= 0.6 is 23.2 Å². The van der Waals surface area contributed by atoms with Crippen LogP contribution in [0.4, 0.5) is 4.39 Å². The van der Waals surface area contributed by atoms with Crippen molar-refractivity contribution in [2.75, 3.05) is 40.4 Å². The van der Waals surface area contributed by atoms with E-state index < -0.39 is 21.7 Å². The van der Waals surface area contributed by atoms with Crippen molar-refractivity contribution >= 4 is 39.1 Å². The fourth-order valence-corrected chi connectivity index (χ4v) is 5.02. The van der Waals surface area contributed by atoms with Crippen LogP contribution in [0, 0.1) is 5.82 Å². The predicted octanol–water partition coefficient (Wildman–Crippen LogP) is 3.30. The Labute approximate surface area is 183 Å². The minimum atomic E-state index is -3.80. The molecule has 1 fully saturated rings. The zero-order valence-corrected chi connectivity index (χ0v) is 18.5. The van der Waals surface area contributed by atoms with E-state index in [9.17, 15) is 17.6 Å². The molecule has 0 unspecified atom stereocenters. The first-order valence-corrected chi connectivity index (χ1v) is 11.0. The maximum atomic E-state index is 13.7. The molecule has 0 aliphatic carbocycles. The fourth-order valence-electron chi connectivity index (χ4n) is 3.11. The van der Waals surface area contributed by atoms with Gasteiger partial charge in [-0.2, -0.15) is 4.31 Å². The Bertz CT molecular complexity index is 1070. The zero-order valence-electron chi connectivity index (χ0n) is 16.2. The third kappa shape index (κ3) is 4.34. The van der Waals surface area contributed by atoms with Gasteiger partial charge in [-0.3, -0.25) is 4.79 Å². The van der Waals surface area contributed by atoms with Gasteiger partial charge in [-0.1, -0.05) is 23.2 Å². The Hall–Kier alpha value is -2.07. The average Bonchev–Trinajstić information content (AvgIpc) is 2.75. The van der Waals surface area contributed by atoms with E-state index >= 15 is 0 Å². The van der Waals surface area contributed by atoms with Crippen LogP contribution in [0.2, 0.25) is 10.0 Å². The summed E-state index contributed by atoms with van der Waals surface area (Å²) in [6, 6.07) is 6.50. The standard InChI is InChI=1S/C19H19Cl2FN2O5S/c1-28-17-4-3-12(9-18(17)29-2)30(26,27)24-7-5-23(6-8-24)19(25)13-10-16(22)15(21)11-14(13)20/h3-4,9-11H,5-8H2,1-2H3. The lowest BCUT2D eigenvalue weighted by Crippen LogP contribution is -2.50. The van der Waals surface area contributed by atoms with E-state index in [2.05, 4.69) is 0 Å². The summed E-state index contributed by atoms with van der Waals surface area (Å²) in [4.78, 5) is 14.2. The quantitative estimate of drug-likeness (QED) is 0.618. The van der Waals surface area contributed by atoms with Gasteiger partial charge in [-0.25, -0.2) is 12.8 Å². The molecule has 0 saturated carbocycles. The van der Waals surface area contributed by atoms with E-state index in [0.29, 0.717) is 11.5 Å². The molecular formula is C19H19Cl2FN2O5S. The van der Waals surface area contributed by atoms with Crippen LogP contribution in [-0.2, 0) is 10.0 Å². The summed E-state index contributed by atoms with van der Waals surface area (Å²) in [6.45, 7) is 0.421. The highest BCUT2D eigenvalue weighted by atomic mass is 35.5. The molecule has 3 rings (SSSR count). The van der Waals surface area contributed by atoms with E-state index in [-0.39, 0.29) is 46.7 Å². The number of carbonyl (C=O) groups is 1. The van der Waals surface area contributed by atoms with E-state index in [1.165, 1.54) is 47.7 Å². The number of carbonyl (C=O) groups excluding carboxylic acids is 1. The molecule has 0 N–H and O–H groups in total. The molecule has 2 aromatic rings. The van der Waals surface area contributed by atoms with Gasteiger partial charge in [0.25, 0.3) is 5.91 Å². The molecule has 1 aliphatic rings. The smallest absolute Gasteiger partial charge is 0.255 e. The van der Waals surface area contributed by atoms with Crippen molar-refractivity contribution in [1.29, 1.82) is 0 Å². The normalized spacial score (nSPS) is 15.2. The number of sulfonamides is 1. The number of piperazine rings is 1. The molecule has 1 heterocycles. The van der Waals surface area contributed by atoms with Gasteiger partial charge in [0, 0.05) is 32.2 Å². The number of hydrogen-bond acceptors (Lipinski definition) is 5. The number of halogens is 3. The molecule has 162 valence electrons. The zero-order chi connectivity index (χ0) is 22.1.